The van der Waals surface area contributed by atoms with E-state index in [4.69, 9.17) is 4.74 Å². The Morgan fingerprint density at radius 2 is 1.95 bits per heavy atom. The first-order valence-electron chi connectivity index (χ1n) is 5.44. The number of methoxy groups -OCH3 is 1. The number of carbonyl (C=O) groups excluding carboxylic acids is 1. The molecule has 0 aliphatic carbocycles. The first-order valence-corrected chi connectivity index (χ1v) is 7.90. The van der Waals surface area contributed by atoms with Gasteiger partial charge in [-0.2, -0.15) is 0 Å². The molecule has 0 radical (unpaired) electrons. The number of hydrogen-bond donors (Lipinski definition) is 1. The molecule has 1 unspecified atom stereocenters. The van der Waals surface area contributed by atoms with Crippen LogP contribution in [-0.4, -0.2) is 13.1 Å². The van der Waals surface area contributed by atoms with E-state index in [1.54, 1.807) is 0 Å². The minimum Gasteiger partial charge on any atom is -0.467 e. The van der Waals surface area contributed by atoms with Crippen LogP contribution in [0.25, 0.3) is 0 Å². The molecule has 1 aromatic heterocycles. The summed E-state index contributed by atoms with van der Waals surface area (Å²) in [6, 6.07) is 9.06. The van der Waals surface area contributed by atoms with Crippen molar-refractivity contribution in [2.75, 3.05) is 12.4 Å². The van der Waals surface area contributed by atoms with E-state index in [9.17, 15) is 4.79 Å². The predicted octanol–water partition coefficient (Wildman–Crippen LogP) is 4.60. The minimum atomic E-state index is -0.498. The number of esters is 1. The van der Waals surface area contributed by atoms with Crippen LogP contribution in [0.4, 0.5) is 5.69 Å². The van der Waals surface area contributed by atoms with E-state index in [1.165, 1.54) is 18.4 Å². The van der Waals surface area contributed by atoms with Gasteiger partial charge < -0.3 is 10.1 Å². The summed E-state index contributed by atoms with van der Waals surface area (Å²) in [6.07, 6.45) is 0. The van der Waals surface area contributed by atoms with Crippen molar-refractivity contribution < 1.29 is 9.53 Å². The third-order valence-corrected chi connectivity index (χ3v) is 4.75. The monoisotopic (exact) mass is 403 g/mol. The quantitative estimate of drug-likeness (QED) is 0.756. The maximum Gasteiger partial charge on any atom is 0.333 e. The van der Waals surface area contributed by atoms with Gasteiger partial charge in [0.2, 0.25) is 0 Å². The van der Waals surface area contributed by atoms with E-state index >= 15 is 0 Å². The van der Waals surface area contributed by atoms with Gasteiger partial charge in [0, 0.05) is 24.9 Å². The first-order chi connectivity index (χ1) is 9.10. The lowest BCUT2D eigenvalue weighted by atomic mass is 10.2. The van der Waals surface area contributed by atoms with Crippen LogP contribution < -0.4 is 5.32 Å². The van der Waals surface area contributed by atoms with Crippen LogP contribution in [0.5, 0.6) is 0 Å². The Labute approximate surface area is 132 Å². The molecule has 2 rings (SSSR count). The number of anilines is 1. The summed E-state index contributed by atoms with van der Waals surface area (Å²) in [5, 5.41) is 5.12. The third-order valence-electron chi connectivity index (χ3n) is 2.46. The van der Waals surface area contributed by atoms with Crippen molar-refractivity contribution in [1.29, 1.82) is 0 Å². The minimum absolute atomic E-state index is 0.308. The molecule has 0 aliphatic heterocycles. The Morgan fingerprint density at radius 3 is 2.47 bits per heavy atom. The lowest BCUT2D eigenvalue weighted by Crippen LogP contribution is -2.21. The standard InChI is InChI=1S/C13H11Br2NO2S/c1-18-13(17)12(11-6-9(15)7-19-11)16-10-4-2-8(14)3-5-10/h2-7,12,16H,1H3. The summed E-state index contributed by atoms with van der Waals surface area (Å²) in [5.41, 5.74) is 0.864. The van der Waals surface area contributed by atoms with Gasteiger partial charge in [0.05, 0.1) is 7.11 Å². The van der Waals surface area contributed by atoms with Gasteiger partial charge in [-0.1, -0.05) is 15.9 Å². The number of carbonyl (C=O) groups is 1. The second-order valence-corrected chi connectivity index (χ2v) is 6.55. The van der Waals surface area contributed by atoms with Gasteiger partial charge in [-0.25, -0.2) is 4.79 Å². The van der Waals surface area contributed by atoms with E-state index in [2.05, 4.69) is 37.2 Å². The summed E-state index contributed by atoms with van der Waals surface area (Å²) in [5.74, 6) is -0.308. The van der Waals surface area contributed by atoms with Gasteiger partial charge in [-0.15, -0.1) is 11.3 Å². The fraction of sp³-hybridized carbons (Fsp3) is 0.154. The molecule has 0 fully saturated rings. The number of benzene rings is 1. The number of halogens is 2. The molecule has 3 nitrogen and oxygen atoms in total. The van der Waals surface area contributed by atoms with Crippen molar-refractivity contribution >= 4 is 54.9 Å². The maximum atomic E-state index is 11.9. The molecule has 0 amide bonds. The number of hydrogen-bond acceptors (Lipinski definition) is 4. The molecule has 0 bridgehead atoms. The van der Waals surface area contributed by atoms with Crippen LogP contribution in [0.2, 0.25) is 0 Å². The highest BCUT2D eigenvalue weighted by atomic mass is 79.9. The number of thiophene rings is 1. The SMILES string of the molecule is COC(=O)C(Nc1ccc(Br)cc1)c1cc(Br)cs1. The second-order valence-electron chi connectivity index (χ2n) is 3.77. The Kier molecular flexibility index (Phi) is 5.01. The molecule has 19 heavy (non-hydrogen) atoms. The lowest BCUT2D eigenvalue weighted by Gasteiger charge is -2.16. The Balaban J connectivity index is 2.23. The van der Waals surface area contributed by atoms with Crippen molar-refractivity contribution in [3.8, 4) is 0 Å². The molecular formula is C13H11Br2NO2S. The van der Waals surface area contributed by atoms with Crippen molar-refractivity contribution in [1.82, 2.24) is 0 Å². The smallest absolute Gasteiger partial charge is 0.333 e. The van der Waals surface area contributed by atoms with Gasteiger partial charge in [-0.05, 0) is 46.3 Å². The van der Waals surface area contributed by atoms with Gasteiger partial charge in [0.15, 0.2) is 6.04 Å². The van der Waals surface area contributed by atoms with Crippen molar-refractivity contribution in [2.45, 2.75) is 6.04 Å². The van der Waals surface area contributed by atoms with Crippen molar-refractivity contribution in [3.05, 3.63) is 49.5 Å². The molecular weight excluding hydrogens is 394 g/mol. The molecule has 1 heterocycles. The topological polar surface area (TPSA) is 38.3 Å². The van der Waals surface area contributed by atoms with Gasteiger partial charge in [0.1, 0.15) is 0 Å². The second kappa shape index (κ2) is 6.54. The Hall–Kier alpha value is -0.850. The summed E-state index contributed by atoms with van der Waals surface area (Å²) >= 11 is 8.27. The van der Waals surface area contributed by atoms with Crippen LogP contribution in [0.15, 0.2) is 44.7 Å². The van der Waals surface area contributed by atoms with Crippen LogP contribution in [0, 0.1) is 0 Å². The summed E-state index contributed by atoms with van der Waals surface area (Å²) in [4.78, 5) is 12.8. The van der Waals surface area contributed by atoms with Gasteiger partial charge in [0.25, 0.3) is 0 Å². The summed E-state index contributed by atoms with van der Waals surface area (Å²) in [6.45, 7) is 0. The zero-order valence-electron chi connectivity index (χ0n) is 10.0. The predicted molar refractivity (Wildman–Crippen MR) is 84.5 cm³/mol. The molecule has 0 saturated heterocycles. The Bertz CT molecular complexity index is 568. The van der Waals surface area contributed by atoms with Gasteiger partial charge in [-0.3, -0.25) is 0 Å². The largest absolute Gasteiger partial charge is 0.467 e. The zero-order valence-corrected chi connectivity index (χ0v) is 14.0. The molecule has 1 N–H and O–H groups in total. The Morgan fingerprint density at radius 1 is 1.26 bits per heavy atom. The fourth-order valence-corrected chi connectivity index (χ4v) is 3.30. The molecule has 0 spiro atoms. The molecule has 0 aliphatic rings. The zero-order chi connectivity index (χ0) is 13.8. The first kappa shape index (κ1) is 14.6. The van der Waals surface area contributed by atoms with Gasteiger partial charge >= 0.3 is 5.97 Å². The molecule has 0 saturated carbocycles. The van der Waals surface area contributed by atoms with E-state index < -0.39 is 6.04 Å². The number of ether oxygens (including phenoxy) is 1. The molecule has 2 aromatic rings. The van der Waals surface area contributed by atoms with E-state index in [1.807, 2.05) is 35.7 Å². The van der Waals surface area contributed by atoms with Crippen molar-refractivity contribution in [2.24, 2.45) is 0 Å². The molecule has 1 aromatic carbocycles. The van der Waals surface area contributed by atoms with Crippen LogP contribution in [0.1, 0.15) is 10.9 Å². The highest BCUT2D eigenvalue weighted by Crippen LogP contribution is 2.29. The number of nitrogens with one attached hydrogen (secondary N) is 1. The lowest BCUT2D eigenvalue weighted by molar-refractivity contribution is -0.141. The molecule has 6 heteroatoms. The van der Waals surface area contributed by atoms with E-state index in [-0.39, 0.29) is 5.97 Å². The fourth-order valence-electron chi connectivity index (χ4n) is 1.56. The van der Waals surface area contributed by atoms with Crippen LogP contribution in [0.3, 0.4) is 0 Å². The normalized spacial score (nSPS) is 11.9. The highest BCUT2D eigenvalue weighted by molar-refractivity contribution is 9.10. The summed E-state index contributed by atoms with van der Waals surface area (Å²) in [7, 11) is 1.39. The average Bonchev–Trinajstić information content (AvgIpc) is 2.83. The highest BCUT2D eigenvalue weighted by Gasteiger charge is 2.22. The van der Waals surface area contributed by atoms with E-state index in [0.717, 1.165) is 19.5 Å². The van der Waals surface area contributed by atoms with Crippen LogP contribution >= 0.6 is 43.2 Å². The van der Waals surface area contributed by atoms with Crippen molar-refractivity contribution in [3.63, 3.8) is 0 Å². The van der Waals surface area contributed by atoms with E-state index in [0.29, 0.717) is 0 Å². The molecule has 1 atom stereocenters. The third kappa shape index (κ3) is 3.81. The summed E-state index contributed by atoms with van der Waals surface area (Å²) < 4.78 is 6.80. The van der Waals surface area contributed by atoms with Crippen LogP contribution in [-0.2, 0) is 9.53 Å². The average molecular weight is 405 g/mol. The molecule has 100 valence electrons. The number of rotatable bonds is 4. The maximum absolute atomic E-state index is 11.9.